The first-order valence-corrected chi connectivity index (χ1v) is 6.99. The van der Waals surface area contributed by atoms with Crippen molar-refractivity contribution in [1.29, 1.82) is 0 Å². The lowest BCUT2D eigenvalue weighted by Crippen LogP contribution is -2.44. The summed E-state index contributed by atoms with van der Waals surface area (Å²) in [6.45, 7) is 0.179. The van der Waals surface area contributed by atoms with Crippen molar-refractivity contribution >= 4 is 17.5 Å². The average Bonchev–Trinajstić information content (AvgIpc) is 2.67. The Morgan fingerprint density at radius 2 is 2.32 bits per heavy atom. The quantitative estimate of drug-likeness (QED) is 0.893. The van der Waals surface area contributed by atoms with Crippen molar-refractivity contribution < 1.29 is 9.18 Å². The SMILES string of the molecule is O=C(NCc1cccc(Cl)c1F)[C@@H]1C[C@H]2CC[C@H]2N1. The monoisotopic (exact) mass is 282 g/mol. The van der Waals surface area contributed by atoms with Gasteiger partial charge in [-0.05, 0) is 31.2 Å². The first-order valence-electron chi connectivity index (χ1n) is 6.62. The van der Waals surface area contributed by atoms with Gasteiger partial charge in [-0.2, -0.15) is 0 Å². The summed E-state index contributed by atoms with van der Waals surface area (Å²) in [7, 11) is 0. The van der Waals surface area contributed by atoms with Crippen LogP contribution in [0.5, 0.6) is 0 Å². The second-order valence-corrected chi connectivity index (χ2v) is 5.74. The highest BCUT2D eigenvalue weighted by Gasteiger charge is 2.42. The van der Waals surface area contributed by atoms with Gasteiger partial charge in [-0.1, -0.05) is 23.7 Å². The van der Waals surface area contributed by atoms with E-state index in [0.29, 0.717) is 17.5 Å². The predicted octanol–water partition coefficient (Wildman–Crippen LogP) is 2.24. The molecule has 1 aliphatic carbocycles. The van der Waals surface area contributed by atoms with Gasteiger partial charge in [0, 0.05) is 18.2 Å². The zero-order valence-electron chi connectivity index (χ0n) is 10.5. The first-order chi connectivity index (χ1) is 9.15. The summed E-state index contributed by atoms with van der Waals surface area (Å²) in [5, 5.41) is 6.19. The van der Waals surface area contributed by atoms with Gasteiger partial charge < -0.3 is 10.6 Å². The Balaban J connectivity index is 1.57. The highest BCUT2D eigenvalue weighted by atomic mass is 35.5. The molecule has 1 amide bonds. The Morgan fingerprint density at radius 3 is 2.95 bits per heavy atom. The molecular formula is C14H16ClFN2O. The van der Waals surface area contributed by atoms with E-state index in [4.69, 9.17) is 11.6 Å². The minimum Gasteiger partial charge on any atom is -0.351 e. The summed E-state index contributed by atoms with van der Waals surface area (Å²) in [4.78, 5) is 12.0. The van der Waals surface area contributed by atoms with E-state index in [1.165, 1.54) is 12.5 Å². The van der Waals surface area contributed by atoms with Gasteiger partial charge in [0.1, 0.15) is 5.82 Å². The molecule has 0 bridgehead atoms. The largest absolute Gasteiger partial charge is 0.351 e. The van der Waals surface area contributed by atoms with Gasteiger partial charge in [0.25, 0.3) is 0 Å². The van der Waals surface area contributed by atoms with Crippen LogP contribution in [0.3, 0.4) is 0 Å². The van der Waals surface area contributed by atoms with E-state index in [-0.39, 0.29) is 23.5 Å². The van der Waals surface area contributed by atoms with Crippen molar-refractivity contribution in [3.63, 3.8) is 0 Å². The second-order valence-electron chi connectivity index (χ2n) is 5.33. The third-order valence-electron chi connectivity index (χ3n) is 4.17. The summed E-state index contributed by atoms with van der Waals surface area (Å²) < 4.78 is 13.7. The summed E-state index contributed by atoms with van der Waals surface area (Å²) in [6, 6.07) is 5.20. The number of rotatable bonds is 3. The summed E-state index contributed by atoms with van der Waals surface area (Å²) in [6.07, 6.45) is 3.27. The number of benzene rings is 1. The fraction of sp³-hybridized carbons (Fsp3) is 0.500. The zero-order valence-corrected chi connectivity index (χ0v) is 11.2. The predicted molar refractivity (Wildman–Crippen MR) is 71.3 cm³/mol. The molecule has 2 aliphatic rings. The number of hydrogen-bond donors (Lipinski definition) is 2. The van der Waals surface area contributed by atoms with E-state index < -0.39 is 5.82 Å². The lowest BCUT2D eigenvalue weighted by molar-refractivity contribution is -0.123. The number of nitrogens with one attached hydrogen (secondary N) is 2. The molecule has 1 aliphatic heterocycles. The zero-order chi connectivity index (χ0) is 13.4. The maximum absolute atomic E-state index is 13.7. The Hall–Kier alpha value is -1.13. The molecule has 0 unspecified atom stereocenters. The fourth-order valence-corrected chi connectivity index (χ4v) is 3.07. The topological polar surface area (TPSA) is 41.1 Å². The molecule has 2 N–H and O–H groups in total. The lowest BCUT2D eigenvalue weighted by Gasteiger charge is -2.29. The van der Waals surface area contributed by atoms with E-state index in [1.807, 2.05) is 0 Å². The molecule has 3 rings (SSSR count). The van der Waals surface area contributed by atoms with Crippen molar-refractivity contribution in [1.82, 2.24) is 10.6 Å². The fourth-order valence-electron chi connectivity index (χ4n) is 2.87. The molecule has 1 saturated heterocycles. The van der Waals surface area contributed by atoms with Crippen molar-refractivity contribution in [3.05, 3.63) is 34.6 Å². The smallest absolute Gasteiger partial charge is 0.237 e. The van der Waals surface area contributed by atoms with E-state index >= 15 is 0 Å². The molecular weight excluding hydrogens is 267 g/mol. The minimum atomic E-state index is -0.455. The number of carbonyl (C=O) groups is 1. The highest BCUT2D eigenvalue weighted by Crippen LogP contribution is 2.36. The van der Waals surface area contributed by atoms with Gasteiger partial charge in [-0.25, -0.2) is 4.39 Å². The molecule has 1 saturated carbocycles. The molecule has 5 heteroatoms. The van der Waals surface area contributed by atoms with Crippen molar-refractivity contribution in [2.24, 2.45) is 5.92 Å². The number of hydrogen-bond acceptors (Lipinski definition) is 2. The Labute approximate surface area is 116 Å². The molecule has 2 fully saturated rings. The number of halogens is 2. The van der Waals surface area contributed by atoms with Gasteiger partial charge in [0.15, 0.2) is 0 Å². The third kappa shape index (κ3) is 2.47. The van der Waals surface area contributed by atoms with Gasteiger partial charge in [-0.15, -0.1) is 0 Å². The second kappa shape index (κ2) is 5.10. The van der Waals surface area contributed by atoms with Crippen LogP contribution in [-0.2, 0) is 11.3 Å². The highest BCUT2D eigenvalue weighted by molar-refractivity contribution is 6.30. The molecule has 0 spiro atoms. The van der Waals surface area contributed by atoms with Gasteiger partial charge in [0.2, 0.25) is 5.91 Å². The average molecular weight is 283 g/mol. The van der Waals surface area contributed by atoms with Crippen LogP contribution >= 0.6 is 11.6 Å². The third-order valence-corrected chi connectivity index (χ3v) is 4.46. The Morgan fingerprint density at radius 1 is 1.47 bits per heavy atom. The molecule has 1 aromatic carbocycles. The number of fused-ring (bicyclic) bond motifs is 1. The van der Waals surface area contributed by atoms with Crippen molar-refractivity contribution in [3.8, 4) is 0 Å². The standard InChI is InChI=1S/C14H16ClFN2O/c15-10-3-1-2-9(13(10)16)7-17-14(19)12-6-8-4-5-11(8)18-12/h1-3,8,11-12,18H,4-7H2,(H,17,19)/t8-,11-,12+/m1/s1. The van der Waals surface area contributed by atoms with Crippen LogP contribution in [0.1, 0.15) is 24.8 Å². The van der Waals surface area contributed by atoms with Crippen LogP contribution in [0.15, 0.2) is 18.2 Å². The van der Waals surface area contributed by atoms with Crippen LogP contribution in [-0.4, -0.2) is 18.0 Å². The molecule has 1 heterocycles. The van der Waals surface area contributed by atoms with Crippen LogP contribution in [0.4, 0.5) is 4.39 Å². The maximum Gasteiger partial charge on any atom is 0.237 e. The van der Waals surface area contributed by atoms with Crippen molar-refractivity contribution in [2.75, 3.05) is 0 Å². The Bertz CT molecular complexity index is 496. The number of carbonyl (C=O) groups excluding carboxylic acids is 1. The molecule has 19 heavy (non-hydrogen) atoms. The van der Waals surface area contributed by atoms with E-state index in [0.717, 1.165) is 12.8 Å². The molecule has 0 aromatic heterocycles. The number of amides is 1. The van der Waals surface area contributed by atoms with Crippen LogP contribution in [0.2, 0.25) is 5.02 Å². The van der Waals surface area contributed by atoms with Gasteiger partial charge >= 0.3 is 0 Å². The first kappa shape index (κ1) is 12.9. The van der Waals surface area contributed by atoms with E-state index in [1.54, 1.807) is 12.1 Å². The summed E-state index contributed by atoms with van der Waals surface area (Å²) in [5.74, 6) is 0.149. The maximum atomic E-state index is 13.7. The summed E-state index contributed by atoms with van der Waals surface area (Å²) >= 11 is 5.70. The minimum absolute atomic E-state index is 0.0474. The molecule has 3 nitrogen and oxygen atoms in total. The van der Waals surface area contributed by atoms with Crippen molar-refractivity contribution in [2.45, 2.75) is 37.9 Å². The van der Waals surface area contributed by atoms with Gasteiger partial charge in [0.05, 0.1) is 11.1 Å². The normalized spacial score (nSPS) is 28.6. The van der Waals surface area contributed by atoms with E-state index in [9.17, 15) is 9.18 Å². The molecule has 102 valence electrons. The van der Waals surface area contributed by atoms with Crippen LogP contribution < -0.4 is 10.6 Å². The van der Waals surface area contributed by atoms with E-state index in [2.05, 4.69) is 10.6 Å². The van der Waals surface area contributed by atoms with Gasteiger partial charge in [-0.3, -0.25) is 4.79 Å². The lowest BCUT2D eigenvalue weighted by atomic mass is 9.80. The molecule has 0 radical (unpaired) electrons. The molecule has 3 atom stereocenters. The van der Waals surface area contributed by atoms with Crippen LogP contribution in [0, 0.1) is 11.7 Å². The van der Waals surface area contributed by atoms with Crippen LogP contribution in [0.25, 0.3) is 0 Å². The molecule has 1 aromatic rings. The Kier molecular flexibility index (Phi) is 3.46. The summed E-state index contributed by atoms with van der Waals surface area (Å²) in [5.41, 5.74) is 0.418.